The molecule has 0 saturated heterocycles. The molecule has 34 heavy (non-hydrogen) atoms. The fourth-order valence-corrected chi connectivity index (χ4v) is 3.59. The van der Waals surface area contributed by atoms with Crippen molar-refractivity contribution in [2.24, 2.45) is 0 Å². The molecule has 1 aromatic carbocycles. The van der Waals surface area contributed by atoms with Crippen LogP contribution >= 0.6 is 0 Å². The Labute approximate surface area is 201 Å². The van der Waals surface area contributed by atoms with E-state index in [9.17, 15) is 19.8 Å². The van der Waals surface area contributed by atoms with Gasteiger partial charge in [-0.2, -0.15) is 0 Å². The zero-order chi connectivity index (χ0) is 24.6. The summed E-state index contributed by atoms with van der Waals surface area (Å²) in [4.78, 5) is 24.1. The van der Waals surface area contributed by atoms with Crippen LogP contribution in [0.3, 0.4) is 0 Å². The van der Waals surface area contributed by atoms with E-state index in [0.717, 1.165) is 19.3 Å². The Morgan fingerprint density at radius 2 is 1.53 bits per heavy atom. The Morgan fingerprint density at radius 3 is 2.15 bits per heavy atom. The van der Waals surface area contributed by atoms with Gasteiger partial charge in [0, 0.05) is 11.5 Å². The van der Waals surface area contributed by atoms with Crippen molar-refractivity contribution in [1.29, 1.82) is 0 Å². The molecule has 0 fully saturated rings. The third-order valence-corrected chi connectivity index (χ3v) is 5.50. The Morgan fingerprint density at radius 1 is 0.912 bits per heavy atom. The van der Waals surface area contributed by atoms with Crippen LogP contribution in [0, 0.1) is 0 Å². The van der Waals surface area contributed by atoms with Gasteiger partial charge in [0.1, 0.15) is 11.3 Å². The summed E-state index contributed by atoms with van der Waals surface area (Å²) in [5, 5.41) is 19.7. The molecule has 5 nitrogen and oxygen atoms in total. The molecule has 0 saturated carbocycles. The number of allylic oxidation sites excluding steroid dienone is 8. The lowest BCUT2D eigenvalue weighted by Crippen LogP contribution is -2.19. The predicted octanol–water partition coefficient (Wildman–Crippen LogP) is 7.42. The summed E-state index contributed by atoms with van der Waals surface area (Å²) in [6.07, 6.45) is 25.5. The molecule has 2 N–H and O–H groups in total. The molecule has 2 aromatic rings. The molecule has 0 bridgehead atoms. The Balaban J connectivity index is 1.74. The third-order valence-electron chi connectivity index (χ3n) is 5.50. The van der Waals surface area contributed by atoms with Crippen molar-refractivity contribution in [3.8, 4) is 5.75 Å². The van der Waals surface area contributed by atoms with Crippen LogP contribution < -0.4 is 5.63 Å². The summed E-state index contributed by atoms with van der Waals surface area (Å²) in [5.74, 6) is -2.01. The van der Waals surface area contributed by atoms with Gasteiger partial charge in [-0.3, -0.25) is 4.79 Å². The fourth-order valence-electron chi connectivity index (χ4n) is 3.59. The summed E-state index contributed by atoms with van der Waals surface area (Å²) in [6, 6.07) is 5.96. The van der Waals surface area contributed by atoms with Gasteiger partial charge >= 0.3 is 11.6 Å². The highest BCUT2D eigenvalue weighted by Gasteiger charge is 2.23. The number of fused-ring (bicyclic) bond motifs is 1. The highest BCUT2D eigenvalue weighted by molar-refractivity contribution is 5.81. The summed E-state index contributed by atoms with van der Waals surface area (Å²) < 4.78 is 5.22. The summed E-state index contributed by atoms with van der Waals surface area (Å²) in [5.41, 5.74) is -0.322. The van der Waals surface area contributed by atoms with E-state index in [0.29, 0.717) is 18.2 Å². The van der Waals surface area contributed by atoms with Crippen LogP contribution in [0.1, 0.15) is 76.2 Å². The molecule has 0 radical (unpaired) electrons. The Hall–Kier alpha value is -3.34. The van der Waals surface area contributed by atoms with Crippen molar-refractivity contribution in [3.05, 3.63) is 88.9 Å². The van der Waals surface area contributed by atoms with Crippen molar-refractivity contribution in [1.82, 2.24) is 0 Å². The monoisotopic (exact) mass is 464 g/mol. The normalized spacial score (nSPS) is 13.2. The van der Waals surface area contributed by atoms with Crippen LogP contribution in [0.25, 0.3) is 11.0 Å². The lowest BCUT2D eigenvalue weighted by molar-refractivity contribution is -0.139. The number of carboxylic acid groups (broad SMARTS) is 1. The lowest BCUT2D eigenvalue weighted by Gasteiger charge is -2.11. The van der Waals surface area contributed by atoms with E-state index in [1.54, 1.807) is 12.1 Å². The van der Waals surface area contributed by atoms with Gasteiger partial charge in [0.15, 0.2) is 0 Å². The first-order chi connectivity index (χ1) is 16.5. The summed E-state index contributed by atoms with van der Waals surface area (Å²) >= 11 is 0. The standard InChI is InChI=1S/C29H36O5/c1-2-3-4-5-6-7-8-9-10-11-12-13-14-15-16-17-18-25(28(31)32)26-21-23-19-20-24(30)22-27(23)34-29(26)33/h6-7,9-10,12-13,15-16,19-22,25,30H,2-5,8,11,14,17-18H2,1H3,(H,31,32). The van der Waals surface area contributed by atoms with Crippen molar-refractivity contribution in [2.75, 3.05) is 0 Å². The maximum Gasteiger partial charge on any atom is 0.340 e. The van der Waals surface area contributed by atoms with Gasteiger partial charge in [-0.05, 0) is 63.1 Å². The number of hydrogen-bond acceptors (Lipinski definition) is 4. The molecule has 0 spiro atoms. The first-order valence-electron chi connectivity index (χ1n) is 12.1. The van der Waals surface area contributed by atoms with Crippen LogP contribution in [-0.2, 0) is 4.79 Å². The van der Waals surface area contributed by atoms with Gasteiger partial charge in [-0.25, -0.2) is 4.79 Å². The first kappa shape index (κ1) is 26.9. The van der Waals surface area contributed by atoms with E-state index in [1.807, 2.05) is 12.2 Å². The van der Waals surface area contributed by atoms with Crippen molar-refractivity contribution >= 4 is 16.9 Å². The topological polar surface area (TPSA) is 87.7 Å². The van der Waals surface area contributed by atoms with Crippen molar-refractivity contribution in [3.63, 3.8) is 0 Å². The number of phenolic OH excluding ortho intramolecular Hbond substituents is 1. The van der Waals surface area contributed by atoms with Gasteiger partial charge in [-0.15, -0.1) is 0 Å². The van der Waals surface area contributed by atoms with Crippen LogP contribution in [-0.4, -0.2) is 16.2 Å². The zero-order valence-corrected chi connectivity index (χ0v) is 20.0. The fraction of sp³-hybridized carbons (Fsp3) is 0.379. The van der Waals surface area contributed by atoms with Gasteiger partial charge in [0.25, 0.3) is 0 Å². The van der Waals surface area contributed by atoms with Crippen molar-refractivity contribution in [2.45, 2.75) is 70.6 Å². The number of rotatable bonds is 15. The second kappa shape index (κ2) is 15.5. The molecular weight excluding hydrogens is 428 g/mol. The van der Waals surface area contributed by atoms with Crippen LogP contribution in [0.5, 0.6) is 5.75 Å². The molecule has 2 rings (SSSR count). The number of carboxylic acids is 1. The van der Waals surface area contributed by atoms with Gasteiger partial charge < -0.3 is 14.6 Å². The van der Waals surface area contributed by atoms with Crippen LogP contribution in [0.2, 0.25) is 0 Å². The molecule has 182 valence electrons. The SMILES string of the molecule is CCCCCC=CCC=CCC=CCC=CCCC(C(=O)O)c1cc2ccc(O)cc2oc1=O. The van der Waals surface area contributed by atoms with E-state index in [1.165, 1.54) is 37.8 Å². The highest BCUT2D eigenvalue weighted by Crippen LogP contribution is 2.25. The van der Waals surface area contributed by atoms with E-state index >= 15 is 0 Å². The zero-order valence-electron chi connectivity index (χ0n) is 20.0. The molecule has 1 heterocycles. The average Bonchev–Trinajstić information content (AvgIpc) is 2.81. The van der Waals surface area contributed by atoms with Crippen molar-refractivity contribution < 1.29 is 19.4 Å². The molecule has 0 aliphatic heterocycles. The quantitative estimate of drug-likeness (QED) is 0.163. The van der Waals surface area contributed by atoms with Crippen LogP contribution in [0.15, 0.2) is 82.1 Å². The lowest BCUT2D eigenvalue weighted by atomic mass is 9.94. The summed E-state index contributed by atoms with van der Waals surface area (Å²) in [6.45, 7) is 2.22. The number of phenols is 1. The molecule has 5 heteroatoms. The highest BCUT2D eigenvalue weighted by atomic mass is 16.4. The van der Waals surface area contributed by atoms with Crippen LogP contribution in [0.4, 0.5) is 0 Å². The number of aliphatic carboxylic acids is 1. The molecule has 1 aromatic heterocycles. The predicted molar refractivity (Wildman–Crippen MR) is 138 cm³/mol. The minimum absolute atomic E-state index is 0.0151. The Kier molecular flexibility index (Phi) is 12.3. The van der Waals surface area contributed by atoms with E-state index in [4.69, 9.17) is 4.42 Å². The number of carbonyl (C=O) groups is 1. The summed E-state index contributed by atoms with van der Waals surface area (Å²) in [7, 11) is 0. The van der Waals surface area contributed by atoms with E-state index in [2.05, 4.69) is 43.4 Å². The minimum Gasteiger partial charge on any atom is -0.508 e. The molecule has 1 atom stereocenters. The second-order valence-corrected chi connectivity index (χ2v) is 8.27. The third kappa shape index (κ3) is 9.65. The number of benzene rings is 1. The molecule has 0 aliphatic rings. The maximum absolute atomic E-state index is 12.3. The molecule has 0 aliphatic carbocycles. The van der Waals surface area contributed by atoms with E-state index < -0.39 is 17.5 Å². The molecular formula is C29H36O5. The van der Waals surface area contributed by atoms with Gasteiger partial charge in [-0.1, -0.05) is 68.4 Å². The minimum atomic E-state index is -1.05. The number of unbranched alkanes of at least 4 members (excludes halogenated alkanes) is 3. The number of aromatic hydroxyl groups is 1. The maximum atomic E-state index is 12.3. The molecule has 0 amide bonds. The smallest absolute Gasteiger partial charge is 0.340 e. The first-order valence-corrected chi connectivity index (χ1v) is 12.1. The van der Waals surface area contributed by atoms with E-state index in [-0.39, 0.29) is 16.9 Å². The van der Waals surface area contributed by atoms with Gasteiger partial charge in [0.05, 0.1) is 11.5 Å². The Bertz CT molecular complexity index is 1070. The largest absolute Gasteiger partial charge is 0.508 e. The molecule has 1 unspecified atom stereocenters. The second-order valence-electron chi connectivity index (χ2n) is 8.27. The van der Waals surface area contributed by atoms with Gasteiger partial charge in [0.2, 0.25) is 0 Å². The number of hydrogen-bond donors (Lipinski definition) is 2. The average molecular weight is 465 g/mol.